The quantitative estimate of drug-likeness (QED) is 0.847. The molecule has 0 saturated heterocycles. The third kappa shape index (κ3) is 1.75. The molecule has 1 aromatic carbocycles. The maximum absolute atomic E-state index is 11.8. The lowest BCUT2D eigenvalue weighted by Gasteiger charge is -2.08. The topological polar surface area (TPSA) is 68.5 Å². The number of hydrogen-bond acceptors (Lipinski definition) is 3. The van der Waals surface area contributed by atoms with E-state index >= 15 is 0 Å². The zero-order chi connectivity index (χ0) is 12.6. The molecule has 1 N–H and O–H groups in total. The number of aromatic carboxylic acids is 1. The lowest BCUT2D eigenvalue weighted by molar-refractivity contribution is 0.0694. The number of benzene rings is 1. The normalized spacial score (nSPS) is 10.5. The Balaban J connectivity index is 2.86. The Morgan fingerprint density at radius 1 is 1.35 bits per heavy atom. The largest absolute Gasteiger partial charge is 0.497 e. The average Bonchev–Trinajstić information content (AvgIpc) is 2.33. The predicted molar refractivity (Wildman–Crippen MR) is 62.7 cm³/mol. The molecule has 0 aliphatic carbocycles. The third-order valence-corrected chi connectivity index (χ3v) is 2.66. The van der Waals surface area contributed by atoms with E-state index < -0.39 is 11.5 Å². The molecule has 0 amide bonds. The van der Waals surface area contributed by atoms with Crippen molar-refractivity contribution >= 4 is 16.9 Å². The van der Waals surface area contributed by atoms with Crippen LogP contribution in [0, 0.1) is 0 Å². The minimum Gasteiger partial charge on any atom is -0.497 e. The van der Waals surface area contributed by atoms with Crippen molar-refractivity contribution in [2.45, 2.75) is 0 Å². The van der Waals surface area contributed by atoms with Crippen LogP contribution < -0.4 is 10.3 Å². The molecule has 0 bridgehead atoms. The number of aryl methyl sites for hydroxylation is 1. The van der Waals surface area contributed by atoms with Crippen molar-refractivity contribution in [3.63, 3.8) is 0 Å². The van der Waals surface area contributed by atoms with Crippen LogP contribution in [0.25, 0.3) is 10.9 Å². The van der Waals surface area contributed by atoms with Gasteiger partial charge in [-0.05, 0) is 23.6 Å². The molecular formula is C12H11NO4. The van der Waals surface area contributed by atoms with E-state index in [-0.39, 0.29) is 5.56 Å². The van der Waals surface area contributed by atoms with E-state index in [1.807, 2.05) is 0 Å². The van der Waals surface area contributed by atoms with Crippen LogP contribution in [0.5, 0.6) is 5.75 Å². The Morgan fingerprint density at radius 3 is 2.65 bits per heavy atom. The van der Waals surface area contributed by atoms with Crippen molar-refractivity contribution in [1.82, 2.24) is 4.57 Å². The molecule has 1 heterocycles. The summed E-state index contributed by atoms with van der Waals surface area (Å²) in [6.45, 7) is 0. The van der Waals surface area contributed by atoms with E-state index in [9.17, 15) is 9.59 Å². The molecule has 0 atom stereocenters. The minimum absolute atomic E-state index is 0.231. The molecule has 17 heavy (non-hydrogen) atoms. The monoisotopic (exact) mass is 233 g/mol. The fraction of sp³-hybridized carbons (Fsp3) is 0.167. The number of fused-ring (bicyclic) bond motifs is 1. The van der Waals surface area contributed by atoms with Crippen molar-refractivity contribution in [3.8, 4) is 5.75 Å². The van der Waals surface area contributed by atoms with Gasteiger partial charge in [-0.2, -0.15) is 0 Å². The van der Waals surface area contributed by atoms with Gasteiger partial charge in [-0.15, -0.1) is 0 Å². The standard InChI is InChI=1S/C12H11NO4/c1-13-10-6-8(17-2)4-3-7(10)5-9(11(13)14)12(15)16/h3-6H,1-2H3,(H,15,16). The Bertz CT molecular complexity index is 657. The molecule has 0 spiro atoms. The molecule has 5 nitrogen and oxygen atoms in total. The number of hydrogen-bond donors (Lipinski definition) is 1. The van der Waals surface area contributed by atoms with E-state index in [4.69, 9.17) is 9.84 Å². The van der Waals surface area contributed by atoms with Gasteiger partial charge >= 0.3 is 5.97 Å². The van der Waals surface area contributed by atoms with Crippen molar-refractivity contribution in [2.75, 3.05) is 7.11 Å². The number of methoxy groups -OCH3 is 1. The van der Waals surface area contributed by atoms with Crippen LogP contribution in [0.15, 0.2) is 29.1 Å². The van der Waals surface area contributed by atoms with Crippen LogP contribution in [-0.2, 0) is 7.05 Å². The zero-order valence-electron chi connectivity index (χ0n) is 9.43. The molecule has 0 radical (unpaired) electrons. The zero-order valence-corrected chi connectivity index (χ0v) is 9.43. The fourth-order valence-corrected chi connectivity index (χ4v) is 1.72. The first-order valence-electron chi connectivity index (χ1n) is 4.95. The van der Waals surface area contributed by atoms with Crippen LogP contribution in [0.4, 0.5) is 0 Å². The molecule has 1 aromatic heterocycles. The highest BCUT2D eigenvalue weighted by Gasteiger charge is 2.12. The highest BCUT2D eigenvalue weighted by molar-refractivity contribution is 5.92. The smallest absolute Gasteiger partial charge is 0.341 e. The second-order valence-electron chi connectivity index (χ2n) is 3.65. The summed E-state index contributed by atoms with van der Waals surface area (Å²) in [6.07, 6.45) is 0. The summed E-state index contributed by atoms with van der Waals surface area (Å²) in [6, 6.07) is 6.51. The highest BCUT2D eigenvalue weighted by Crippen LogP contribution is 2.19. The third-order valence-electron chi connectivity index (χ3n) is 2.66. The number of rotatable bonds is 2. The van der Waals surface area contributed by atoms with Crippen LogP contribution in [0.3, 0.4) is 0 Å². The Hall–Kier alpha value is -2.30. The van der Waals surface area contributed by atoms with Crippen molar-refractivity contribution < 1.29 is 14.6 Å². The fourth-order valence-electron chi connectivity index (χ4n) is 1.72. The van der Waals surface area contributed by atoms with Crippen LogP contribution in [0.2, 0.25) is 0 Å². The summed E-state index contributed by atoms with van der Waals surface area (Å²) in [5.41, 5.74) is -0.122. The van der Waals surface area contributed by atoms with E-state index in [2.05, 4.69) is 0 Å². The molecule has 2 aromatic rings. The average molecular weight is 233 g/mol. The van der Waals surface area contributed by atoms with Gasteiger partial charge in [0.15, 0.2) is 0 Å². The summed E-state index contributed by atoms with van der Waals surface area (Å²) in [4.78, 5) is 22.7. The summed E-state index contributed by atoms with van der Waals surface area (Å²) in [5.74, 6) is -0.598. The summed E-state index contributed by atoms with van der Waals surface area (Å²) in [7, 11) is 3.07. The molecule has 88 valence electrons. The van der Waals surface area contributed by atoms with Gasteiger partial charge in [0, 0.05) is 13.1 Å². The van der Waals surface area contributed by atoms with Crippen molar-refractivity contribution in [2.24, 2.45) is 7.05 Å². The first-order chi connectivity index (χ1) is 8.04. The lowest BCUT2D eigenvalue weighted by Crippen LogP contribution is -2.24. The predicted octanol–water partition coefficient (Wildman–Crippen LogP) is 1.25. The number of ether oxygens (including phenoxy) is 1. The van der Waals surface area contributed by atoms with Crippen LogP contribution in [-0.4, -0.2) is 22.8 Å². The molecule has 0 saturated carbocycles. The molecule has 0 aliphatic heterocycles. The Morgan fingerprint density at radius 2 is 2.06 bits per heavy atom. The number of carbonyl (C=O) groups is 1. The van der Waals surface area contributed by atoms with Gasteiger partial charge in [-0.3, -0.25) is 4.79 Å². The number of nitrogens with zero attached hydrogens (tertiary/aromatic N) is 1. The maximum atomic E-state index is 11.8. The number of aromatic nitrogens is 1. The van der Waals surface area contributed by atoms with Gasteiger partial charge in [-0.25, -0.2) is 4.79 Å². The maximum Gasteiger partial charge on any atom is 0.341 e. The molecule has 2 rings (SSSR count). The molecule has 0 aliphatic rings. The Kier molecular flexibility index (Phi) is 2.59. The van der Waals surface area contributed by atoms with Gasteiger partial charge in [-0.1, -0.05) is 0 Å². The van der Waals surface area contributed by atoms with E-state index in [0.29, 0.717) is 16.7 Å². The van der Waals surface area contributed by atoms with Crippen molar-refractivity contribution in [1.29, 1.82) is 0 Å². The van der Waals surface area contributed by atoms with E-state index in [1.54, 1.807) is 18.2 Å². The first kappa shape index (κ1) is 11.2. The summed E-state index contributed by atoms with van der Waals surface area (Å²) >= 11 is 0. The second-order valence-corrected chi connectivity index (χ2v) is 3.65. The first-order valence-corrected chi connectivity index (χ1v) is 4.95. The molecule has 0 fully saturated rings. The lowest BCUT2D eigenvalue weighted by atomic mass is 10.1. The van der Waals surface area contributed by atoms with Crippen molar-refractivity contribution in [3.05, 3.63) is 40.2 Å². The van der Waals surface area contributed by atoms with Crippen LogP contribution in [0.1, 0.15) is 10.4 Å². The van der Waals surface area contributed by atoms with Gasteiger partial charge in [0.05, 0.1) is 12.6 Å². The molecule has 5 heteroatoms. The number of carboxylic acids is 1. The SMILES string of the molecule is COc1ccc2cc(C(=O)O)c(=O)n(C)c2c1. The highest BCUT2D eigenvalue weighted by atomic mass is 16.5. The van der Waals surface area contributed by atoms with Gasteiger partial charge < -0.3 is 14.4 Å². The van der Waals surface area contributed by atoms with E-state index in [0.717, 1.165) is 0 Å². The van der Waals surface area contributed by atoms with Gasteiger partial charge in [0.1, 0.15) is 11.3 Å². The summed E-state index contributed by atoms with van der Waals surface area (Å²) < 4.78 is 6.37. The van der Waals surface area contributed by atoms with Gasteiger partial charge in [0.2, 0.25) is 0 Å². The number of carboxylic acid groups (broad SMARTS) is 1. The molecular weight excluding hydrogens is 222 g/mol. The summed E-state index contributed by atoms with van der Waals surface area (Å²) in [5, 5.41) is 9.60. The minimum atomic E-state index is -1.22. The second kappa shape index (κ2) is 3.93. The van der Waals surface area contributed by atoms with Gasteiger partial charge in [0.25, 0.3) is 5.56 Å². The van der Waals surface area contributed by atoms with Crippen LogP contribution >= 0.6 is 0 Å². The Labute approximate surface area is 96.9 Å². The molecule has 0 unspecified atom stereocenters. The van der Waals surface area contributed by atoms with E-state index in [1.165, 1.54) is 24.8 Å². The number of pyridine rings is 1.